The number of carbonyl (C=O) groups is 1. The summed E-state index contributed by atoms with van der Waals surface area (Å²) in [6.07, 6.45) is 3.85. The number of hydrogen-bond acceptors (Lipinski definition) is 5. The van der Waals surface area contributed by atoms with Crippen molar-refractivity contribution >= 4 is 28.6 Å². The van der Waals surface area contributed by atoms with E-state index in [2.05, 4.69) is 23.6 Å². The molecule has 0 bridgehead atoms. The highest BCUT2D eigenvalue weighted by Crippen LogP contribution is 2.26. The van der Waals surface area contributed by atoms with E-state index in [-0.39, 0.29) is 11.9 Å². The molecule has 1 aliphatic carbocycles. The lowest BCUT2D eigenvalue weighted by Crippen LogP contribution is -2.40. The minimum atomic E-state index is 0.0213. The summed E-state index contributed by atoms with van der Waals surface area (Å²) >= 11 is 0. The lowest BCUT2D eigenvalue weighted by Gasteiger charge is -2.30. The van der Waals surface area contributed by atoms with Crippen LogP contribution in [0.3, 0.4) is 0 Å². The third kappa shape index (κ3) is 4.79. The van der Waals surface area contributed by atoms with Crippen molar-refractivity contribution in [3.05, 3.63) is 59.2 Å². The first kappa shape index (κ1) is 21.1. The zero-order valence-corrected chi connectivity index (χ0v) is 18.8. The molecule has 3 aromatic rings. The van der Waals surface area contributed by atoms with Gasteiger partial charge in [0.2, 0.25) is 5.95 Å². The maximum atomic E-state index is 12.6. The van der Waals surface area contributed by atoms with Crippen molar-refractivity contribution < 1.29 is 4.79 Å². The van der Waals surface area contributed by atoms with Crippen molar-refractivity contribution in [2.75, 3.05) is 24.3 Å². The van der Waals surface area contributed by atoms with Gasteiger partial charge in [0, 0.05) is 37.1 Å². The molecule has 0 saturated heterocycles. The Labute approximate surface area is 184 Å². The summed E-state index contributed by atoms with van der Waals surface area (Å²) in [5.74, 6) is 1.61. The van der Waals surface area contributed by atoms with Crippen LogP contribution in [0.4, 0.5) is 11.8 Å². The highest BCUT2D eigenvalue weighted by molar-refractivity contribution is 5.94. The van der Waals surface area contributed by atoms with Crippen molar-refractivity contribution in [2.24, 2.45) is 0 Å². The molecule has 0 radical (unpaired) electrons. The molecule has 1 aromatic heterocycles. The zero-order chi connectivity index (χ0) is 22.0. The third-order valence-electron chi connectivity index (χ3n) is 6.17. The Morgan fingerprint density at radius 2 is 1.65 bits per heavy atom. The first-order valence-corrected chi connectivity index (χ1v) is 11.0. The number of anilines is 2. The maximum Gasteiger partial charge on any atom is 0.251 e. The van der Waals surface area contributed by atoms with Gasteiger partial charge in [0.1, 0.15) is 5.82 Å². The van der Waals surface area contributed by atoms with Gasteiger partial charge in [-0.25, -0.2) is 4.98 Å². The smallest absolute Gasteiger partial charge is 0.251 e. The molecule has 1 saturated carbocycles. The number of aryl methyl sites for hydroxylation is 2. The number of carbonyl (C=O) groups excluding carboxylic acids is 1. The highest BCUT2D eigenvalue weighted by atomic mass is 16.1. The summed E-state index contributed by atoms with van der Waals surface area (Å²) in [6, 6.07) is 14.5. The molecule has 0 atom stereocenters. The number of fused-ring (bicyclic) bond motifs is 1. The number of nitrogens with zero attached hydrogens (tertiary/aromatic N) is 3. The Hall–Kier alpha value is -3.15. The van der Waals surface area contributed by atoms with Crippen LogP contribution < -0.4 is 15.5 Å². The normalized spacial score (nSPS) is 18.6. The summed E-state index contributed by atoms with van der Waals surface area (Å²) in [5, 5.41) is 7.79. The number of para-hydroxylation sites is 1. The second-order valence-electron chi connectivity index (χ2n) is 8.75. The molecule has 162 valence electrons. The standard InChI is InChI=1S/C25H31N5O/c1-16-9-10-18(15-17(16)2)24(31)26-19-11-13-20(14-12-19)27-25-28-22-8-6-5-7-21(22)23(29-25)30(3)4/h5-10,15,19-20H,11-14H2,1-4H3,(H,26,31)(H,27,28,29). The number of nitrogens with one attached hydrogen (secondary N) is 2. The molecule has 1 aliphatic rings. The Morgan fingerprint density at radius 1 is 0.935 bits per heavy atom. The van der Waals surface area contributed by atoms with E-state index in [1.165, 1.54) is 5.56 Å². The minimum absolute atomic E-state index is 0.0213. The second-order valence-corrected chi connectivity index (χ2v) is 8.75. The van der Waals surface area contributed by atoms with E-state index in [4.69, 9.17) is 9.97 Å². The van der Waals surface area contributed by atoms with Gasteiger partial charge in [-0.05, 0) is 74.9 Å². The lowest BCUT2D eigenvalue weighted by atomic mass is 9.91. The fraction of sp³-hybridized carbons (Fsp3) is 0.400. The molecule has 31 heavy (non-hydrogen) atoms. The van der Waals surface area contributed by atoms with Crippen molar-refractivity contribution in [1.29, 1.82) is 0 Å². The number of rotatable bonds is 5. The van der Waals surface area contributed by atoms with Gasteiger partial charge in [-0.1, -0.05) is 18.2 Å². The summed E-state index contributed by atoms with van der Waals surface area (Å²) < 4.78 is 0. The highest BCUT2D eigenvalue weighted by Gasteiger charge is 2.24. The molecule has 0 spiro atoms. The van der Waals surface area contributed by atoms with Gasteiger partial charge in [0.25, 0.3) is 5.91 Å². The SMILES string of the molecule is Cc1ccc(C(=O)NC2CCC(Nc3nc(N(C)C)c4ccccc4n3)CC2)cc1C. The quantitative estimate of drug-likeness (QED) is 0.641. The van der Waals surface area contributed by atoms with E-state index in [0.29, 0.717) is 12.0 Å². The van der Waals surface area contributed by atoms with Crippen LogP contribution in [0.15, 0.2) is 42.5 Å². The largest absolute Gasteiger partial charge is 0.362 e. The number of amides is 1. The van der Waals surface area contributed by atoms with Crippen LogP contribution in [0.1, 0.15) is 47.2 Å². The van der Waals surface area contributed by atoms with Crippen LogP contribution in [-0.2, 0) is 0 Å². The average molecular weight is 418 g/mol. The molecule has 0 aliphatic heterocycles. The van der Waals surface area contributed by atoms with Crippen molar-refractivity contribution in [3.8, 4) is 0 Å². The summed E-state index contributed by atoms with van der Waals surface area (Å²) in [4.78, 5) is 24.1. The van der Waals surface area contributed by atoms with Gasteiger partial charge in [0.15, 0.2) is 0 Å². The molecule has 1 heterocycles. The Kier molecular flexibility index (Phi) is 6.07. The van der Waals surface area contributed by atoms with E-state index < -0.39 is 0 Å². The first-order chi connectivity index (χ1) is 14.9. The molecular weight excluding hydrogens is 386 g/mol. The Morgan fingerprint density at radius 3 is 2.35 bits per heavy atom. The van der Waals surface area contributed by atoms with Crippen LogP contribution >= 0.6 is 0 Å². The van der Waals surface area contributed by atoms with E-state index in [0.717, 1.165) is 53.5 Å². The Bertz CT molecular complexity index is 1090. The fourth-order valence-corrected chi connectivity index (χ4v) is 4.18. The second kappa shape index (κ2) is 8.92. The summed E-state index contributed by atoms with van der Waals surface area (Å²) in [7, 11) is 4.00. The van der Waals surface area contributed by atoms with Crippen LogP contribution in [0.2, 0.25) is 0 Å². The van der Waals surface area contributed by atoms with Crippen LogP contribution in [0, 0.1) is 13.8 Å². The van der Waals surface area contributed by atoms with Gasteiger partial charge in [-0.3, -0.25) is 4.79 Å². The van der Waals surface area contributed by atoms with Crippen LogP contribution in [0.25, 0.3) is 10.9 Å². The summed E-state index contributed by atoms with van der Waals surface area (Å²) in [5.41, 5.74) is 4.03. The van der Waals surface area contributed by atoms with Gasteiger partial charge in [-0.15, -0.1) is 0 Å². The maximum absolute atomic E-state index is 12.6. The number of aromatic nitrogens is 2. The molecule has 0 unspecified atom stereocenters. The van der Waals surface area contributed by atoms with E-state index in [1.54, 1.807) is 0 Å². The molecule has 1 amide bonds. The topological polar surface area (TPSA) is 70.2 Å². The lowest BCUT2D eigenvalue weighted by molar-refractivity contribution is 0.0926. The molecule has 2 aromatic carbocycles. The average Bonchev–Trinajstić information content (AvgIpc) is 2.76. The van der Waals surface area contributed by atoms with Crippen molar-refractivity contribution in [1.82, 2.24) is 15.3 Å². The number of hydrogen-bond donors (Lipinski definition) is 2. The van der Waals surface area contributed by atoms with Crippen molar-refractivity contribution in [3.63, 3.8) is 0 Å². The molecule has 1 fully saturated rings. The van der Waals surface area contributed by atoms with Crippen LogP contribution in [-0.4, -0.2) is 42.1 Å². The first-order valence-electron chi connectivity index (χ1n) is 11.0. The number of benzene rings is 2. The Balaban J connectivity index is 1.37. The third-order valence-corrected chi connectivity index (χ3v) is 6.17. The zero-order valence-electron chi connectivity index (χ0n) is 18.8. The van der Waals surface area contributed by atoms with E-state index in [9.17, 15) is 4.79 Å². The van der Waals surface area contributed by atoms with E-state index in [1.807, 2.05) is 62.3 Å². The molecule has 6 nitrogen and oxygen atoms in total. The molecule has 4 rings (SSSR count). The predicted octanol–water partition coefficient (Wildman–Crippen LogP) is 4.47. The molecular formula is C25H31N5O. The van der Waals surface area contributed by atoms with E-state index >= 15 is 0 Å². The van der Waals surface area contributed by atoms with Crippen molar-refractivity contribution in [2.45, 2.75) is 51.6 Å². The summed E-state index contributed by atoms with van der Waals surface area (Å²) in [6.45, 7) is 4.10. The predicted molar refractivity (Wildman–Crippen MR) is 127 cm³/mol. The monoisotopic (exact) mass is 417 g/mol. The van der Waals surface area contributed by atoms with Crippen LogP contribution in [0.5, 0.6) is 0 Å². The van der Waals surface area contributed by atoms with Gasteiger partial charge in [-0.2, -0.15) is 4.98 Å². The van der Waals surface area contributed by atoms with Gasteiger partial charge < -0.3 is 15.5 Å². The van der Waals surface area contributed by atoms with Gasteiger partial charge in [0.05, 0.1) is 5.52 Å². The fourth-order valence-electron chi connectivity index (χ4n) is 4.18. The van der Waals surface area contributed by atoms with Gasteiger partial charge >= 0.3 is 0 Å². The molecule has 2 N–H and O–H groups in total. The minimum Gasteiger partial charge on any atom is -0.362 e. The molecule has 6 heteroatoms.